The van der Waals surface area contributed by atoms with E-state index in [4.69, 9.17) is 10.3 Å². The number of nitrogens with one attached hydrogen (secondary N) is 1. The summed E-state index contributed by atoms with van der Waals surface area (Å²) in [5.41, 5.74) is 7.73. The van der Waals surface area contributed by atoms with Crippen molar-refractivity contribution in [2.75, 3.05) is 11.9 Å². The number of halogens is 4. The maximum absolute atomic E-state index is 14.1. The fraction of sp³-hybridized carbons (Fsp3) is 0.0952. The topological polar surface area (TPSA) is 130 Å². The van der Waals surface area contributed by atoms with Gasteiger partial charge in [0.05, 0.1) is 4.92 Å². The fourth-order valence-corrected chi connectivity index (χ4v) is 3.75. The second kappa shape index (κ2) is 8.71. The Morgan fingerprint density at radius 1 is 1.06 bits per heavy atom. The van der Waals surface area contributed by atoms with Crippen molar-refractivity contribution in [1.29, 1.82) is 0 Å². The lowest BCUT2D eigenvalue weighted by Crippen LogP contribution is -2.20. The summed E-state index contributed by atoms with van der Waals surface area (Å²) < 4.78 is 61.1. The number of azide groups is 1. The van der Waals surface area contributed by atoms with Crippen LogP contribution in [0.2, 0.25) is 0 Å². The molecule has 1 amide bonds. The molecule has 1 N–H and O–H groups in total. The van der Waals surface area contributed by atoms with Crippen molar-refractivity contribution in [2.24, 2.45) is 5.11 Å². The van der Waals surface area contributed by atoms with Crippen LogP contribution in [0.25, 0.3) is 21.6 Å². The first kappa shape index (κ1) is 22.6. The number of benzene rings is 3. The molecule has 9 nitrogen and oxygen atoms in total. The number of fused-ring (bicyclic) bond motifs is 3. The van der Waals surface area contributed by atoms with Gasteiger partial charge in [-0.3, -0.25) is 15.4 Å². The Balaban J connectivity index is 1.59. The number of rotatable bonds is 5. The molecule has 172 valence electrons. The Labute approximate surface area is 187 Å². The smallest absolute Gasteiger partial charge is 0.411 e. The number of hydrogen-bond acceptors (Lipinski definition) is 5. The Hall–Kier alpha value is -4.64. The Kier molecular flexibility index (Phi) is 5.78. The van der Waals surface area contributed by atoms with Crippen molar-refractivity contribution in [3.63, 3.8) is 0 Å². The third-order valence-corrected chi connectivity index (χ3v) is 5.24. The highest BCUT2D eigenvalue weighted by Crippen LogP contribution is 2.46. The van der Waals surface area contributed by atoms with E-state index in [0.717, 1.165) is 5.56 Å². The molecule has 0 spiro atoms. The van der Waals surface area contributed by atoms with Crippen LogP contribution in [-0.4, -0.2) is 17.6 Å². The number of carbonyl (C=O) groups is 1. The molecule has 0 aliphatic heterocycles. The number of hydrogen-bond donors (Lipinski definition) is 1. The lowest BCUT2D eigenvalue weighted by atomic mass is 9.98. The van der Waals surface area contributed by atoms with E-state index in [1.54, 1.807) is 35.6 Å². The molecule has 34 heavy (non-hydrogen) atoms. The molecular weight excluding hydrogens is 462 g/mol. The van der Waals surface area contributed by atoms with E-state index in [1.807, 2.05) is 0 Å². The minimum atomic E-state index is -2.00. The molecule has 1 aliphatic carbocycles. The van der Waals surface area contributed by atoms with Crippen molar-refractivity contribution in [3.8, 4) is 11.1 Å². The van der Waals surface area contributed by atoms with Gasteiger partial charge in [-0.2, -0.15) is 0 Å². The van der Waals surface area contributed by atoms with Crippen molar-refractivity contribution < 1.29 is 32.0 Å². The van der Waals surface area contributed by atoms with Gasteiger partial charge in [-0.25, -0.2) is 22.4 Å². The van der Waals surface area contributed by atoms with Crippen LogP contribution in [0, 0.1) is 33.4 Å². The zero-order valence-corrected chi connectivity index (χ0v) is 16.8. The molecule has 3 aromatic rings. The fourth-order valence-electron chi connectivity index (χ4n) is 3.75. The van der Waals surface area contributed by atoms with Crippen molar-refractivity contribution in [2.45, 2.75) is 5.92 Å². The van der Waals surface area contributed by atoms with Gasteiger partial charge in [-0.05, 0) is 33.9 Å². The molecule has 3 aromatic carbocycles. The van der Waals surface area contributed by atoms with Crippen LogP contribution >= 0.6 is 0 Å². The Morgan fingerprint density at radius 2 is 1.71 bits per heavy atom. The van der Waals surface area contributed by atoms with Crippen LogP contribution in [-0.2, 0) is 4.74 Å². The molecule has 0 aromatic heterocycles. The highest BCUT2D eigenvalue weighted by molar-refractivity contribution is 5.86. The largest absolute Gasteiger partial charge is 0.448 e. The molecule has 0 bridgehead atoms. The summed E-state index contributed by atoms with van der Waals surface area (Å²) in [4.78, 5) is 24.9. The van der Waals surface area contributed by atoms with Crippen LogP contribution in [0.15, 0.2) is 47.6 Å². The predicted octanol–water partition coefficient (Wildman–Crippen LogP) is 6.45. The number of non-ortho nitro benzene ring substituents is 1. The minimum Gasteiger partial charge on any atom is -0.448 e. The zero-order valence-electron chi connectivity index (χ0n) is 16.8. The molecule has 0 fully saturated rings. The molecule has 13 heteroatoms. The number of amides is 1. The number of nitro benzene ring substituents is 1. The molecule has 0 heterocycles. The number of anilines is 1. The lowest BCUT2D eigenvalue weighted by Gasteiger charge is -2.15. The van der Waals surface area contributed by atoms with E-state index < -0.39 is 58.2 Å². The first-order valence-corrected chi connectivity index (χ1v) is 9.47. The monoisotopic (exact) mass is 473 g/mol. The number of ether oxygens (including phenoxy) is 1. The third-order valence-electron chi connectivity index (χ3n) is 5.24. The maximum Gasteiger partial charge on any atom is 0.411 e. The Bertz CT molecular complexity index is 1380. The highest BCUT2D eigenvalue weighted by atomic mass is 19.2. The van der Waals surface area contributed by atoms with E-state index in [9.17, 15) is 32.5 Å². The third kappa shape index (κ3) is 3.73. The van der Waals surface area contributed by atoms with Gasteiger partial charge in [-0.15, -0.1) is 0 Å². The van der Waals surface area contributed by atoms with Gasteiger partial charge in [0, 0.05) is 23.0 Å². The second-order valence-corrected chi connectivity index (χ2v) is 7.06. The average molecular weight is 473 g/mol. The summed E-state index contributed by atoms with van der Waals surface area (Å²) in [6, 6.07) is 11.2. The van der Waals surface area contributed by atoms with Crippen molar-refractivity contribution >= 4 is 23.2 Å². The standard InChI is InChI=1S/C21H11F4N5O4/c22-15-17(24)20(28-29-26)18(25)16(23)19(15)27-21(31)34-8-14-11-4-2-1-3-10(11)12-6-5-9(30(32)33)7-13(12)14/h1-7,14H,8H2,(H,27,31). The van der Waals surface area contributed by atoms with Crippen LogP contribution in [0.5, 0.6) is 0 Å². The maximum atomic E-state index is 14.1. The van der Waals surface area contributed by atoms with Gasteiger partial charge < -0.3 is 4.74 Å². The SMILES string of the molecule is [N-]=[N+]=Nc1c(F)c(F)c(NC(=O)OCC2c3ccccc3-c3ccc([N+](=O)[O-])cc32)c(F)c1F. The molecule has 0 saturated heterocycles. The van der Waals surface area contributed by atoms with Gasteiger partial charge >= 0.3 is 6.09 Å². The van der Waals surface area contributed by atoms with E-state index in [0.29, 0.717) is 16.7 Å². The van der Waals surface area contributed by atoms with Crippen molar-refractivity contribution in [1.82, 2.24) is 0 Å². The van der Waals surface area contributed by atoms with Crippen LogP contribution in [0.4, 0.5) is 39.4 Å². The molecular formula is C21H11F4N5O4. The van der Waals surface area contributed by atoms with Gasteiger partial charge in [-0.1, -0.05) is 29.4 Å². The molecule has 4 rings (SSSR count). The highest BCUT2D eigenvalue weighted by Gasteiger charge is 2.32. The minimum absolute atomic E-state index is 0.184. The summed E-state index contributed by atoms with van der Waals surface area (Å²) in [5, 5.41) is 15.3. The molecule has 0 saturated carbocycles. The number of nitrogens with zero attached hydrogens (tertiary/aromatic N) is 4. The summed E-state index contributed by atoms with van der Waals surface area (Å²) in [6.45, 7) is -0.401. The first-order chi connectivity index (χ1) is 16.2. The molecule has 1 aliphatic rings. The van der Waals surface area contributed by atoms with Gasteiger partial charge in [0.25, 0.3) is 5.69 Å². The van der Waals surface area contributed by atoms with Gasteiger partial charge in [0.2, 0.25) is 0 Å². The average Bonchev–Trinajstić information content (AvgIpc) is 3.15. The lowest BCUT2D eigenvalue weighted by molar-refractivity contribution is -0.384. The summed E-state index contributed by atoms with van der Waals surface area (Å²) >= 11 is 0. The Morgan fingerprint density at radius 3 is 2.35 bits per heavy atom. The zero-order chi connectivity index (χ0) is 24.6. The van der Waals surface area contributed by atoms with Crippen LogP contribution in [0.3, 0.4) is 0 Å². The summed E-state index contributed by atoms with van der Waals surface area (Å²) in [7, 11) is 0. The van der Waals surface area contributed by atoms with E-state index in [2.05, 4.69) is 10.0 Å². The predicted molar refractivity (Wildman–Crippen MR) is 110 cm³/mol. The van der Waals surface area contributed by atoms with Crippen LogP contribution in [0.1, 0.15) is 17.0 Å². The second-order valence-electron chi connectivity index (χ2n) is 7.06. The normalized spacial score (nSPS) is 13.5. The molecule has 0 radical (unpaired) electrons. The first-order valence-electron chi connectivity index (χ1n) is 9.47. The van der Waals surface area contributed by atoms with Crippen LogP contribution < -0.4 is 5.32 Å². The van der Waals surface area contributed by atoms with Crippen molar-refractivity contribution in [3.05, 3.63) is 97.4 Å². The summed E-state index contributed by atoms with van der Waals surface area (Å²) in [6.07, 6.45) is -1.44. The van der Waals surface area contributed by atoms with Gasteiger partial charge in [0.1, 0.15) is 18.0 Å². The number of nitro groups is 1. The van der Waals surface area contributed by atoms with E-state index in [1.165, 1.54) is 12.1 Å². The summed E-state index contributed by atoms with van der Waals surface area (Å²) in [5.74, 6) is -8.64. The molecule has 1 atom stereocenters. The van der Waals surface area contributed by atoms with E-state index >= 15 is 0 Å². The molecule has 1 unspecified atom stereocenters. The quantitative estimate of drug-likeness (QED) is 0.0867. The van der Waals surface area contributed by atoms with E-state index in [-0.39, 0.29) is 5.69 Å². The number of carbonyl (C=O) groups excluding carboxylic acids is 1. The van der Waals surface area contributed by atoms with Gasteiger partial charge in [0.15, 0.2) is 23.3 Å².